The highest BCUT2D eigenvalue weighted by Crippen LogP contribution is 2.34. The van der Waals surface area contributed by atoms with E-state index in [1.54, 1.807) is 0 Å². The summed E-state index contributed by atoms with van der Waals surface area (Å²) in [6.07, 6.45) is 7.58. The second-order valence-electron chi connectivity index (χ2n) is 5.40. The number of carbonyl (C=O) groups excluding carboxylic acids is 1. The van der Waals surface area contributed by atoms with Crippen LogP contribution in [0.2, 0.25) is 0 Å². The van der Waals surface area contributed by atoms with Gasteiger partial charge in [-0.1, -0.05) is 19.8 Å². The van der Waals surface area contributed by atoms with Gasteiger partial charge in [-0.15, -0.1) is 0 Å². The molecule has 2 aliphatic rings. The normalized spacial score (nSPS) is 21.9. The summed E-state index contributed by atoms with van der Waals surface area (Å²) in [6.45, 7) is 2.73. The van der Waals surface area contributed by atoms with Crippen LogP contribution in [0.15, 0.2) is 0 Å². The second-order valence-corrected chi connectivity index (χ2v) is 5.40. The molecule has 2 rings (SSSR count). The van der Waals surface area contributed by atoms with Crippen molar-refractivity contribution in [1.82, 2.24) is 10.2 Å². The van der Waals surface area contributed by atoms with Crippen LogP contribution in [0.5, 0.6) is 0 Å². The summed E-state index contributed by atoms with van der Waals surface area (Å²) < 4.78 is 0. The van der Waals surface area contributed by atoms with Gasteiger partial charge in [0.25, 0.3) is 0 Å². The average Bonchev–Trinajstić information content (AvgIpc) is 3.15. The molecule has 3 heteroatoms. The van der Waals surface area contributed by atoms with E-state index in [-0.39, 0.29) is 5.91 Å². The topological polar surface area (TPSA) is 32.3 Å². The maximum absolute atomic E-state index is 11.8. The van der Waals surface area contributed by atoms with Crippen LogP contribution in [0.1, 0.15) is 45.4 Å². The van der Waals surface area contributed by atoms with Gasteiger partial charge in [0.15, 0.2) is 0 Å². The molecular formula is C13H24N2O. The summed E-state index contributed by atoms with van der Waals surface area (Å²) in [5, 5.41) is 3.41. The molecule has 92 valence electrons. The van der Waals surface area contributed by atoms with Gasteiger partial charge in [0.05, 0.1) is 6.54 Å². The fourth-order valence-electron chi connectivity index (χ4n) is 2.17. The minimum Gasteiger partial charge on any atom is -0.342 e. The highest BCUT2D eigenvalue weighted by Gasteiger charge is 2.30. The summed E-state index contributed by atoms with van der Waals surface area (Å²) in [6, 6.07) is 1.09. The molecule has 0 aliphatic heterocycles. The van der Waals surface area contributed by atoms with Crippen molar-refractivity contribution in [1.29, 1.82) is 0 Å². The van der Waals surface area contributed by atoms with Crippen molar-refractivity contribution in [3.05, 3.63) is 0 Å². The lowest BCUT2D eigenvalue weighted by molar-refractivity contribution is -0.129. The Hall–Kier alpha value is -0.570. The van der Waals surface area contributed by atoms with Crippen molar-refractivity contribution >= 4 is 5.91 Å². The number of nitrogens with one attached hydrogen (secondary N) is 1. The highest BCUT2D eigenvalue weighted by atomic mass is 16.2. The Balaban J connectivity index is 1.65. The molecule has 3 nitrogen and oxygen atoms in total. The third kappa shape index (κ3) is 3.48. The fourth-order valence-corrected chi connectivity index (χ4v) is 2.17. The molecule has 1 unspecified atom stereocenters. The van der Waals surface area contributed by atoms with Crippen LogP contribution in [-0.4, -0.2) is 36.5 Å². The van der Waals surface area contributed by atoms with Crippen LogP contribution in [-0.2, 0) is 4.79 Å². The van der Waals surface area contributed by atoms with Crippen molar-refractivity contribution < 1.29 is 4.79 Å². The summed E-state index contributed by atoms with van der Waals surface area (Å²) in [7, 11) is 1.93. The molecular weight excluding hydrogens is 200 g/mol. The molecule has 0 spiro atoms. The van der Waals surface area contributed by atoms with Gasteiger partial charge >= 0.3 is 0 Å². The predicted molar refractivity (Wildman–Crippen MR) is 65.2 cm³/mol. The summed E-state index contributed by atoms with van der Waals surface area (Å²) in [4.78, 5) is 13.7. The second kappa shape index (κ2) is 5.17. The summed E-state index contributed by atoms with van der Waals surface area (Å²) >= 11 is 0. The van der Waals surface area contributed by atoms with Crippen LogP contribution in [0.3, 0.4) is 0 Å². The zero-order valence-electron chi connectivity index (χ0n) is 10.5. The third-order valence-corrected chi connectivity index (χ3v) is 3.84. The van der Waals surface area contributed by atoms with Gasteiger partial charge < -0.3 is 10.2 Å². The first-order valence-corrected chi connectivity index (χ1v) is 6.69. The molecule has 0 heterocycles. The van der Waals surface area contributed by atoms with E-state index < -0.39 is 0 Å². The Morgan fingerprint density at radius 1 is 1.38 bits per heavy atom. The number of carbonyl (C=O) groups is 1. The Kier molecular flexibility index (Phi) is 3.85. The number of rotatable bonds is 7. The predicted octanol–water partition coefficient (Wildman–Crippen LogP) is 1.78. The lowest BCUT2D eigenvalue weighted by Crippen LogP contribution is -2.40. The van der Waals surface area contributed by atoms with Gasteiger partial charge in [-0.3, -0.25) is 4.79 Å². The monoisotopic (exact) mass is 224 g/mol. The quantitative estimate of drug-likeness (QED) is 0.715. The maximum atomic E-state index is 11.8. The van der Waals surface area contributed by atoms with Crippen molar-refractivity contribution in [3.8, 4) is 0 Å². The Morgan fingerprint density at radius 2 is 2.06 bits per heavy atom. The van der Waals surface area contributed by atoms with Gasteiger partial charge in [-0.2, -0.15) is 0 Å². The molecule has 2 saturated carbocycles. The first-order valence-electron chi connectivity index (χ1n) is 6.69. The smallest absolute Gasteiger partial charge is 0.236 e. The number of hydrogen-bond donors (Lipinski definition) is 1. The molecule has 0 aromatic heterocycles. The van der Waals surface area contributed by atoms with E-state index >= 15 is 0 Å². The van der Waals surface area contributed by atoms with E-state index in [0.29, 0.717) is 18.6 Å². The molecule has 1 N–H and O–H groups in total. The molecule has 0 aromatic carbocycles. The highest BCUT2D eigenvalue weighted by molar-refractivity contribution is 5.78. The Labute approximate surface area is 98.6 Å². The van der Waals surface area contributed by atoms with Crippen LogP contribution in [0.4, 0.5) is 0 Å². The first-order chi connectivity index (χ1) is 7.70. The minimum atomic E-state index is 0.261. The first kappa shape index (κ1) is 11.9. The average molecular weight is 224 g/mol. The molecule has 16 heavy (non-hydrogen) atoms. The van der Waals surface area contributed by atoms with Gasteiger partial charge in [0.2, 0.25) is 5.91 Å². The lowest BCUT2D eigenvalue weighted by Gasteiger charge is -2.20. The lowest BCUT2D eigenvalue weighted by atomic mass is 10.1. The van der Waals surface area contributed by atoms with Crippen molar-refractivity contribution in [3.63, 3.8) is 0 Å². The van der Waals surface area contributed by atoms with Gasteiger partial charge in [-0.25, -0.2) is 0 Å². The Morgan fingerprint density at radius 3 is 2.56 bits per heavy atom. The SMILES string of the molecule is CCC(CC1CC1)NCC(=O)N(C)C1CC1. The molecule has 0 radical (unpaired) electrons. The number of hydrogen-bond acceptors (Lipinski definition) is 2. The number of likely N-dealkylation sites (N-methyl/N-ethyl adjacent to an activating group) is 1. The van der Waals surface area contributed by atoms with Gasteiger partial charge in [-0.05, 0) is 31.6 Å². The van der Waals surface area contributed by atoms with Crippen LogP contribution in [0.25, 0.3) is 0 Å². The largest absolute Gasteiger partial charge is 0.342 e. The van der Waals surface area contributed by atoms with Gasteiger partial charge in [0, 0.05) is 19.1 Å². The molecule has 1 amide bonds. The fraction of sp³-hybridized carbons (Fsp3) is 0.923. The van der Waals surface area contributed by atoms with Crippen LogP contribution in [0, 0.1) is 5.92 Å². The Bertz CT molecular complexity index is 246. The van der Waals surface area contributed by atoms with Crippen LogP contribution < -0.4 is 5.32 Å². The van der Waals surface area contributed by atoms with E-state index in [2.05, 4.69) is 12.2 Å². The molecule has 0 saturated heterocycles. The van der Waals surface area contributed by atoms with Crippen LogP contribution >= 0.6 is 0 Å². The van der Waals surface area contributed by atoms with E-state index in [0.717, 1.165) is 12.3 Å². The maximum Gasteiger partial charge on any atom is 0.236 e. The number of nitrogens with zero attached hydrogens (tertiary/aromatic N) is 1. The zero-order valence-corrected chi connectivity index (χ0v) is 10.5. The molecule has 0 bridgehead atoms. The molecule has 0 aromatic rings. The summed E-state index contributed by atoms with van der Waals surface area (Å²) in [5.41, 5.74) is 0. The van der Waals surface area contributed by atoms with E-state index in [9.17, 15) is 4.79 Å². The minimum absolute atomic E-state index is 0.261. The van der Waals surface area contributed by atoms with Crippen molar-refractivity contribution in [2.45, 2.75) is 57.5 Å². The van der Waals surface area contributed by atoms with Crippen molar-refractivity contribution in [2.24, 2.45) is 5.92 Å². The molecule has 2 aliphatic carbocycles. The summed E-state index contributed by atoms with van der Waals surface area (Å²) in [5.74, 6) is 1.20. The van der Waals surface area contributed by atoms with E-state index in [1.807, 2.05) is 11.9 Å². The van der Waals surface area contributed by atoms with E-state index in [1.165, 1.54) is 32.1 Å². The van der Waals surface area contributed by atoms with Crippen molar-refractivity contribution in [2.75, 3.05) is 13.6 Å². The third-order valence-electron chi connectivity index (χ3n) is 3.84. The zero-order chi connectivity index (χ0) is 11.5. The molecule has 2 fully saturated rings. The van der Waals surface area contributed by atoms with Gasteiger partial charge in [0.1, 0.15) is 0 Å². The van der Waals surface area contributed by atoms with E-state index in [4.69, 9.17) is 0 Å². The molecule has 1 atom stereocenters. The number of amides is 1. The standard InChI is InChI=1S/C13H24N2O/c1-3-11(8-10-4-5-10)14-9-13(16)15(2)12-6-7-12/h10-12,14H,3-9H2,1-2H3.